The molecule has 0 saturated heterocycles. The minimum absolute atomic E-state index is 0.0566. The lowest BCUT2D eigenvalue weighted by atomic mass is 10.0. The minimum Gasteiger partial charge on any atom is -0.366 e. The molecule has 1 aromatic carbocycles. The third-order valence-corrected chi connectivity index (χ3v) is 2.17. The van der Waals surface area contributed by atoms with Gasteiger partial charge in [0.25, 0.3) is 0 Å². The molecule has 0 fully saturated rings. The fraction of sp³-hybridized carbons (Fsp3) is 0.417. The van der Waals surface area contributed by atoms with E-state index in [4.69, 9.17) is 4.74 Å². The Morgan fingerprint density at radius 3 is 2.57 bits per heavy atom. The van der Waals surface area contributed by atoms with Crippen LogP contribution < -0.4 is 0 Å². The van der Waals surface area contributed by atoms with Crippen LogP contribution in [0.15, 0.2) is 24.3 Å². The molecule has 2 heteroatoms. The molecule has 0 aliphatic heterocycles. The summed E-state index contributed by atoms with van der Waals surface area (Å²) in [5.41, 5.74) is 2.07. The van der Waals surface area contributed by atoms with Crippen LogP contribution in [0, 0.1) is 6.92 Å². The number of rotatable bonds is 4. The van der Waals surface area contributed by atoms with Crippen LogP contribution in [0.4, 0.5) is 0 Å². The van der Waals surface area contributed by atoms with Gasteiger partial charge in [-0.3, -0.25) is 4.79 Å². The van der Waals surface area contributed by atoms with Gasteiger partial charge in [-0.15, -0.1) is 0 Å². The Balaban J connectivity index is 2.99. The van der Waals surface area contributed by atoms with Crippen LogP contribution in [0.3, 0.4) is 0 Å². The van der Waals surface area contributed by atoms with Crippen LogP contribution in [0.1, 0.15) is 31.1 Å². The van der Waals surface area contributed by atoms with Gasteiger partial charge in [-0.25, -0.2) is 0 Å². The van der Waals surface area contributed by atoms with Crippen molar-refractivity contribution < 1.29 is 9.53 Å². The molecule has 0 bridgehead atoms. The second kappa shape index (κ2) is 4.91. The van der Waals surface area contributed by atoms with Crippen molar-refractivity contribution in [3.05, 3.63) is 35.4 Å². The van der Waals surface area contributed by atoms with Crippen LogP contribution >= 0.6 is 0 Å². The van der Waals surface area contributed by atoms with E-state index in [1.165, 1.54) is 0 Å². The van der Waals surface area contributed by atoms with E-state index in [1.54, 1.807) is 6.92 Å². The lowest BCUT2D eigenvalue weighted by Crippen LogP contribution is -2.14. The molecule has 0 aromatic heterocycles. The third kappa shape index (κ3) is 2.42. The van der Waals surface area contributed by atoms with Crippen molar-refractivity contribution in [2.45, 2.75) is 26.9 Å². The van der Waals surface area contributed by atoms with Crippen LogP contribution in [-0.4, -0.2) is 12.4 Å². The summed E-state index contributed by atoms with van der Waals surface area (Å²) >= 11 is 0. The fourth-order valence-electron chi connectivity index (χ4n) is 1.47. The molecule has 0 spiro atoms. The van der Waals surface area contributed by atoms with Crippen molar-refractivity contribution in [2.75, 3.05) is 6.61 Å². The fourth-order valence-corrected chi connectivity index (χ4v) is 1.47. The van der Waals surface area contributed by atoms with Gasteiger partial charge in [0, 0.05) is 6.61 Å². The summed E-state index contributed by atoms with van der Waals surface area (Å²) in [4.78, 5) is 11.4. The first kappa shape index (κ1) is 10.9. The van der Waals surface area contributed by atoms with Crippen molar-refractivity contribution >= 4 is 5.78 Å². The first-order chi connectivity index (χ1) is 6.66. The molecule has 0 heterocycles. The number of Topliss-reactive ketones (excluding diaryl/α,β-unsaturated/α-hetero) is 1. The Hall–Kier alpha value is -1.15. The van der Waals surface area contributed by atoms with E-state index < -0.39 is 6.10 Å². The van der Waals surface area contributed by atoms with Crippen LogP contribution in [0.2, 0.25) is 0 Å². The molecule has 76 valence electrons. The summed E-state index contributed by atoms with van der Waals surface area (Å²) in [6.07, 6.45) is -0.402. The van der Waals surface area contributed by atoms with E-state index in [9.17, 15) is 4.79 Å². The summed E-state index contributed by atoms with van der Waals surface area (Å²) in [5, 5.41) is 0. The monoisotopic (exact) mass is 192 g/mol. The summed E-state index contributed by atoms with van der Waals surface area (Å²) in [7, 11) is 0. The SMILES string of the molecule is CCOC(C(C)=O)c1ccccc1C. The molecule has 0 amide bonds. The number of ketones is 1. The maximum Gasteiger partial charge on any atom is 0.163 e. The number of hydrogen-bond acceptors (Lipinski definition) is 2. The van der Waals surface area contributed by atoms with Gasteiger partial charge in [0.05, 0.1) is 0 Å². The van der Waals surface area contributed by atoms with Gasteiger partial charge in [0.15, 0.2) is 5.78 Å². The van der Waals surface area contributed by atoms with Gasteiger partial charge in [-0.05, 0) is 31.9 Å². The van der Waals surface area contributed by atoms with E-state index in [0.717, 1.165) is 11.1 Å². The van der Waals surface area contributed by atoms with E-state index >= 15 is 0 Å². The van der Waals surface area contributed by atoms with Gasteiger partial charge in [0.2, 0.25) is 0 Å². The molecule has 0 aliphatic rings. The molecule has 14 heavy (non-hydrogen) atoms. The molecular formula is C12H16O2. The van der Waals surface area contributed by atoms with Crippen molar-refractivity contribution in [1.82, 2.24) is 0 Å². The van der Waals surface area contributed by atoms with Crippen molar-refractivity contribution in [2.24, 2.45) is 0 Å². The Labute approximate surface area is 84.9 Å². The summed E-state index contributed by atoms with van der Waals surface area (Å²) in [5.74, 6) is 0.0566. The minimum atomic E-state index is -0.402. The van der Waals surface area contributed by atoms with Crippen molar-refractivity contribution in [3.8, 4) is 0 Å². The highest BCUT2D eigenvalue weighted by Crippen LogP contribution is 2.21. The highest BCUT2D eigenvalue weighted by Gasteiger charge is 2.17. The average Bonchev–Trinajstić information content (AvgIpc) is 2.15. The maximum atomic E-state index is 11.4. The second-order valence-corrected chi connectivity index (χ2v) is 3.30. The first-order valence-corrected chi connectivity index (χ1v) is 4.84. The molecule has 1 aromatic rings. The van der Waals surface area contributed by atoms with Gasteiger partial charge in [-0.2, -0.15) is 0 Å². The predicted molar refractivity (Wildman–Crippen MR) is 56.2 cm³/mol. The quantitative estimate of drug-likeness (QED) is 0.733. The Morgan fingerprint density at radius 2 is 2.07 bits per heavy atom. The summed E-state index contributed by atoms with van der Waals surface area (Å²) in [6.45, 7) is 6.00. The number of aryl methyl sites for hydroxylation is 1. The smallest absolute Gasteiger partial charge is 0.163 e. The van der Waals surface area contributed by atoms with Gasteiger partial charge < -0.3 is 4.74 Å². The maximum absolute atomic E-state index is 11.4. The van der Waals surface area contributed by atoms with Gasteiger partial charge in [-0.1, -0.05) is 24.3 Å². The predicted octanol–water partition coefficient (Wildman–Crippen LogP) is 2.66. The van der Waals surface area contributed by atoms with Gasteiger partial charge in [0.1, 0.15) is 6.10 Å². The largest absolute Gasteiger partial charge is 0.366 e. The lowest BCUT2D eigenvalue weighted by molar-refractivity contribution is -0.128. The Kier molecular flexibility index (Phi) is 3.84. The molecule has 1 unspecified atom stereocenters. The number of carbonyl (C=O) groups excluding carboxylic acids is 1. The number of ether oxygens (including phenoxy) is 1. The van der Waals surface area contributed by atoms with Gasteiger partial charge >= 0.3 is 0 Å². The Bertz CT molecular complexity index is 318. The number of benzene rings is 1. The van der Waals surface area contributed by atoms with Crippen LogP contribution in [0.25, 0.3) is 0 Å². The average molecular weight is 192 g/mol. The molecule has 2 nitrogen and oxygen atoms in total. The second-order valence-electron chi connectivity index (χ2n) is 3.30. The highest BCUT2D eigenvalue weighted by molar-refractivity contribution is 5.82. The molecular weight excluding hydrogens is 176 g/mol. The van der Waals surface area contributed by atoms with E-state index in [1.807, 2.05) is 38.1 Å². The number of carbonyl (C=O) groups is 1. The van der Waals surface area contributed by atoms with E-state index in [2.05, 4.69) is 0 Å². The van der Waals surface area contributed by atoms with E-state index in [0.29, 0.717) is 6.61 Å². The molecule has 1 rings (SSSR count). The zero-order valence-corrected chi connectivity index (χ0v) is 8.91. The zero-order chi connectivity index (χ0) is 10.6. The summed E-state index contributed by atoms with van der Waals surface area (Å²) < 4.78 is 5.42. The molecule has 0 N–H and O–H groups in total. The Morgan fingerprint density at radius 1 is 1.43 bits per heavy atom. The van der Waals surface area contributed by atoms with Crippen LogP contribution in [-0.2, 0) is 9.53 Å². The summed E-state index contributed by atoms with van der Waals surface area (Å²) in [6, 6.07) is 7.82. The van der Waals surface area contributed by atoms with E-state index in [-0.39, 0.29) is 5.78 Å². The lowest BCUT2D eigenvalue weighted by Gasteiger charge is -2.16. The molecule has 0 aliphatic carbocycles. The van der Waals surface area contributed by atoms with Crippen LogP contribution in [0.5, 0.6) is 0 Å². The normalized spacial score (nSPS) is 12.5. The molecule has 0 radical (unpaired) electrons. The molecule has 1 atom stereocenters. The van der Waals surface area contributed by atoms with Crippen molar-refractivity contribution in [3.63, 3.8) is 0 Å². The first-order valence-electron chi connectivity index (χ1n) is 4.84. The molecule has 0 saturated carbocycles. The zero-order valence-electron chi connectivity index (χ0n) is 8.91. The topological polar surface area (TPSA) is 26.3 Å². The van der Waals surface area contributed by atoms with Crippen molar-refractivity contribution in [1.29, 1.82) is 0 Å². The number of hydrogen-bond donors (Lipinski definition) is 0. The third-order valence-electron chi connectivity index (χ3n) is 2.17. The standard InChI is InChI=1S/C12H16O2/c1-4-14-12(10(3)13)11-8-6-5-7-9(11)2/h5-8,12H,4H2,1-3H3. The highest BCUT2D eigenvalue weighted by atomic mass is 16.5.